The number of hydrogen-bond acceptors (Lipinski definition) is 5. The molecule has 0 saturated carbocycles. The van der Waals surface area contributed by atoms with E-state index in [1.165, 1.54) is 18.0 Å². The predicted octanol–water partition coefficient (Wildman–Crippen LogP) is 3.84. The highest BCUT2D eigenvalue weighted by Gasteiger charge is 2.28. The molecule has 0 aliphatic heterocycles. The Morgan fingerprint density at radius 2 is 1.93 bits per heavy atom. The Bertz CT molecular complexity index is 933. The second kappa shape index (κ2) is 7.46. The van der Waals surface area contributed by atoms with Crippen LogP contribution in [0.25, 0.3) is 17.1 Å². The summed E-state index contributed by atoms with van der Waals surface area (Å²) in [7, 11) is -3.24. The summed E-state index contributed by atoms with van der Waals surface area (Å²) in [4.78, 5) is 31.0. The molecule has 2 N–H and O–H groups in total. The van der Waals surface area contributed by atoms with Crippen molar-refractivity contribution >= 4 is 30.7 Å². The lowest BCUT2D eigenvalue weighted by Gasteiger charge is -2.23. The summed E-state index contributed by atoms with van der Waals surface area (Å²) in [6.45, 7) is 8.82. The Balaban J connectivity index is 2.75. The van der Waals surface area contributed by atoms with Gasteiger partial charge in [0, 0.05) is 22.8 Å². The Labute approximate surface area is 158 Å². The second-order valence-electron chi connectivity index (χ2n) is 7.52. The van der Waals surface area contributed by atoms with Gasteiger partial charge >= 0.3 is 7.82 Å². The first kappa shape index (κ1) is 21.2. The van der Waals surface area contributed by atoms with Gasteiger partial charge < -0.3 is 9.26 Å². The molecule has 0 atom stereocenters. The zero-order valence-electron chi connectivity index (χ0n) is 16.3. The van der Waals surface area contributed by atoms with E-state index in [-0.39, 0.29) is 23.2 Å². The highest BCUT2D eigenvalue weighted by Crippen LogP contribution is 2.44. The minimum atomic E-state index is -4.76. The van der Waals surface area contributed by atoms with Gasteiger partial charge in [0.15, 0.2) is 5.78 Å². The maximum atomic E-state index is 12.6. The van der Waals surface area contributed by atoms with E-state index >= 15 is 0 Å². The van der Waals surface area contributed by atoms with Crippen LogP contribution in [0, 0.1) is 11.3 Å². The van der Waals surface area contributed by atoms with E-state index in [0.29, 0.717) is 16.7 Å². The van der Waals surface area contributed by atoms with Gasteiger partial charge in [0.1, 0.15) is 17.2 Å². The molecule has 1 aromatic carbocycles. The molecule has 9 heteroatoms. The van der Waals surface area contributed by atoms with E-state index in [9.17, 15) is 19.1 Å². The van der Waals surface area contributed by atoms with Crippen LogP contribution in [0.15, 0.2) is 24.0 Å². The molecule has 0 bridgehead atoms. The SMILES string of the molecule is COc1ccc2c(C(=O)C(C)C)nn(/C=C(\OP(=O)(O)O)C(C)(C)C)c2c1. The first-order valence-electron chi connectivity index (χ1n) is 8.41. The fraction of sp³-hybridized carbons (Fsp3) is 0.444. The van der Waals surface area contributed by atoms with Crippen molar-refractivity contribution in [3.63, 3.8) is 0 Å². The zero-order chi connectivity index (χ0) is 20.6. The summed E-state index contributed by atoms with van der Waals surface area (Å²) in [6, 6.07) is 5.17. The maximum absolute atomic E-state index is 12.6. The first-order valence-corrected chi connectivity index (χ1v) is 9.94. The zero-order valence-corrected chi connectivity index (χ0v) is 17.2. The van der Waals surface area contributed by atoms with Crippen LogP contribution in [0.1, 0.15) is 45.1 Å². The van der Waals surface area contributed by atoms with Gasteiger partial charge in [0.25, 0.3) is 0 Å². The molecule has 2 rings (SSSR count). The third-order valence-corrected chi connectivity index (χ3v) is 4.30. The number of hydrogen-bond donors (Lipinski definition) is 2. The van der Waals surface area contributed by atoms with Crippen LogP contribution in [0.3, 0.4) is 0 Å². The third-order valence-electron chi connectivity index (χ3n) is 3.87. The predicted molar refractivity (Wildman–Crippen MR) is 102 cm³/mol. The number of fused-ring (bicyclic) bond motifs is 1. The fourth-order valence-corrected chi connectivity index (χ4v) is 2.97. The molecule has 27 heavy (non-hydrogen) atoms. The highest BCUT2D eigenvalue weighted by atomic mass is 31.2. The van der Waals surface area contributed by atoms with Crippen molar-refractivity contribution in [2.75, 3.05) is 7.11 Å². The normalized spacial score (nSPS) is 13.3. The number of aromatic nitrogens is 2. The van der Waals surface area contributed by atoms with E-state index in [2.05, 4.69) is 5.10 Å². The van der Waals surface area contributed by atoms with Crippen molar-refractivity contribution in [1.29, 1.82) is 0 Å². The van der Waals surface area contributed by atoms with Gasteiger partial charge in [-0.3, -0.25) is 14.6 Å². The van der Waals surface area contributed by atoms with Crippen molar-refractivity contribution in [2.45, 2.75) is 34.6 Å². The Kier molecular flexibility index (Phi) is 5.85. The van der Waals surface area contributed by atoms with Crippen molar-refractivity contribution in [3.05, 3.63) is 29.7 Å². The van der Waals surface area contributed by atoms with E-state index in [1.54, 1.807) is 52.8 Å². The Hall–Kier alpha value is -2.15. The molecule has 0 saturated heterocycles. The molecule has 8 nitrogen and oxygen atoms in total. The molecule has 1 aromatic heterocycles. The monoisotopic (exact) mass is 396 g/mol. The molecule has 0 aliphatic carbocycles. The Morgan fingerprint density at radius 3 is 2.41 bits per heavy atom. The second-order valence-corrected chi connectivity index (χ2v) is 8.68. The number of carbonyl (C=O) groups is 1. The average molecular weight is 396 g/mol. The van der Waals surface area contributed by atoms with E-state index in [4.69, 9.17) is 9.26 Å². The summed E-state index contributed by atoms with van der Waals surface area (Å²) < 4.78 is 22.9. The molecular formula is C18H25N2O6P. The van der Waals surface area contributed by atoms with Gasteiger partial charge in [-0.25, -0.2) is 9.25 Å². The first-order chi connectivity index (χ1) is 12.3. The third kappa shape index (κ3) is 4.97. The molecule has 0 aliphatic rings. The van der Waals surface area contributed by atoms with Crippen LogP contribution < -0.4 is 4.74 Å². The number of carbonyl (C=O) groups excluding carboxylic acids is 1. The summed E-state index contributed by atoms with van der Waals surface area (Å²) in [5.41, 5.74) is 0.137. The smallest absolute Gasteiger partial charge is 0.497 e. The number of phosphoric acid groups is 1. The van der Waals surface area contributed by atoms with Gasteiger partial charge in [0.05, 0.1) is 18.8 Å². The molecule has 0 spiro atoms. The molecule has 0 unspecified atom stereocenters. The van der Waals surface area contributed by atoms with Crippen LogP contribution in [-0.4, -0.2) is 32.5 Å². The number of phosphoric ester groups is 1. The largest absolute Gasteiger partial charge is 0.524 e. The molecule has 2 aromatic rings. The van der Waals surface area contributed by atoms with Gasteiger partial charge in [-0.2, -0.15) is 5.10 Å². The van der Waals surface area contributed by atoms with Crippen molar-refractivity contribution in [3.8, 4) is 5.75 Å². The lowest BCUT2D eigenvalue weighted by Crippen LogP contribution is -2.13. The number of Topliss-reactive ketones (excluding diaryl/α,β-unsaturated/α-hetero) is 1. The van der Waals surface area contributed by atoms with E-state index in [1.807, 2.05) is 0 Å². The van der Waals surface area contributed by atoms with Crippen LogP contribution >= 0.6 is 7.82 Å². The number of nitrogens with zero attached hydrogens (tertiary/aromatic N) is 2. The van der Waals surface area contributed by atoms with Crippen LogP contribution in [-0.2, 0) is 9.09 Å². The van der Waals surface area contributed by atoms with E-state index < -0.39 is 13.2 Å². The quantitative estimate of drug-likeness (QED) is 0.433. The average Bonchev–Trinajstić information content (AvgIpc) is 2.89. The van der Waals surface area contributed by atoms with Gasteiger partial charge in [-0.05, 0) is 12.1 Å². The van der Waals surface area contributed by atoms with Crippen molar-refractivity contribution < 1.29 is 28.4 Å². The van der Waals surface area contributed by atoms with E-state index in [0.717, 1.165) is 0 Å². The number of ether oxygens (including phenoxy) is 1. The summed E-state index contributed by atoms with van der Waals surface area (Å²) in [5, 5.41) is 4.99. The van der Waals surface area contributed by atoms with Gasteiger partial charge in [-0.15, -0.1) is 0 Å². The summed E-state index contributed by atoms with van der Waals surface area (Å²) in [5.74, 6) is 0.210. The number of ketones is 1. The van der Waals surface area contributed by atoms with Gasteiger partial charge in [-0.1, -0.05) is 34.6 Å². The number of methoxy groups -OCH3 is 1. The van der Waals surface area contributed by atoms with Crippen LogP contribution in [0.5, 0.6) is 5.75 Å². The van der Waals surface area contributed by atoms with Crippen molar-refractivity contribution in [1.82, 2.24) is 9.78 Å². The molecule has 1 heterocycles. The van der Waals surface area contributed by atoms with Crippen molar-refractivity contribution in [2.24, 2.45) is 11.3 Å². The Morgan fingerprint density at radius 1 is 1.30 bits per heavy atom. The summed E-state index contributed by atoms with van der Waals surface area (Å²) in [6.07, 6.45) is 1.39. The summed E-state index contributed by atoms with van der Waals surface area (Å²) >= 11 is 0. The topological polar surface area (TPSA) is 111 Å². The molecular weight excluding hydrogens is 371 g/mol. The van der Waals surface area contributed by atoms with Gasteiger partial charge in [0.2, 0.25) is 0 Å². The molecule has 0 radical (unpaired) electrons. The molecule has 148 valence electrons. The lowest BCUT2D eigenvalue weighted by atomic mass is 9.94. The standard InChI is InChI=1S/C18H25N2O6P/c1-11(2)17(21)16-13-8-7-12(25-6)9-14(13)20(19-16)10-15(18(3,4)5)26-27(22,23)24/h7-11H,1-6H3,(H2,22,23,24)/b15-10-. The minimum Gasteiger partial charge on any atom is -0.497 e. The number of benzene rings is 1. The fourth-order valence-electron chi connectivity index (χ4n) is 2.39. The highest BCUT2D eigenvalue weighted by molar-refractivity contribution is 7.46. The number of allylic oxidation sites excluding steroid dienone is 1. The lowest BCUT2D eigenvalue weighted by molar-refractivity contribution is 0.0935. The molecule has 0 amide bonds. The van der Waals surface area contributed by atoms with Crippen LogP contribution in [0.2, 0.25) is 0 Å². The number of rotatable bonds is 6. The minimum absolute atomic E-state index is 0.0339. The maximum Gasteiger partial charge on any atom is 0.524 e. The van der Waals surface area contributed by atoms with Crippen LogP contribution in [0.4, 0.5) is 0 Å². The molecule has 0 fully saturated rings.